The molecule has 1 aliphatic heterocycles. The molecule has 216 valence electrons. The largest absolute Gasteiger partial charge is 0.382 e. The molecule has 6 rings (SSSR count). The maximum absolute atomic E-state index is 14.9. The molecular formula is C29H28F3N9O. The summed E-state index contributed by atoms with van der Waals surface area (Å²) >= 11 is 0. The third kappa shape index (κ3) is 5.60. The van der Waals surface area contributed by atoms with Crippen molar-refractivity contribution in [2.45, 2.75) is 31.0 Å². The monoisotopic (exact) mass is 575 g/mol. The lowest BCUT2D eigenvalue weighted by molar-refractivity contribution is -0.0284. The van der Waals surface area contributed by atoms with Gasteiger partial charge in [0, 0.05) is 55.3 Å². The normalized spacial score (nSPS) is 16.0. The summed E-state index contributed by atoms with van der Waals surface area (Å²) in [5.74, 6) is -1.77. The van der Waals surface area contributed by atoms with E-state index in [4.69, 9.17) is 5.73 Å². The van der Waals surface area contributed by atoms with Crippen LogP contribution in [-0.2, 0) is 12.1 Å². The van der Waals surface area contributed by atoms with Crippen molar-refractivity contribution in [2.24, 2.45) is 0 Å². The second-order valence-corrected chi connectivity index (χ2v) is 10.4. The van der Waals surface area contributed by atoms with Crippen molar-refractivity contribution in [2.75, 3.05) is 25.4 Å². The Kier molecular flexibility index (Phi) is 7.43. The highest BCUT2D eigenvalue weighted by Gasteiger charge is 2.37. The van der Waals surface area contributed by atoms with Crippen LogP contribution in [0.5, 0.6) is 0 Å². The number of nitrogen functional groups attached to an aromatic ring is 1. The minimum atomic E-state index is -1.69. The molecule has 1 fully saturated rings. The van der Waals surface area contributed by atoms with Crippen LogP contribution in [0.15, 0.2) is 73.4 Å². The highest BCUT2D eigenvalue weighted by atomic mass is 19.1. The van der Waals surface area contributed by atoms with Gasteiger partial charge in [0.25, 0.3) is 0 Å². The average Bonchev–Trinajstić information content (AvgIpc) is 3.64. The molecule has 42 heavy (non-hydrogen) atoms. The maximum atomic E-state index is 14.9. The van der Waals surface area contributed by atoms with E-state index in [9.17, 15) is 18.3 Å². The minimum Gasteiger partial charge on any atom is -0.382 e. The summed E-state index contributed by atoms with van der Waals surface area (Å²) in [5, 5.41) is 19.5. The first-order valence-electron chi connectivity index (χ1n) is 13.4. The number of hydrogen-bond acceptors (Lipinski definition) is 8. The van der Waals surface area contributed by atoms with Crippen LogP contribution in [-0.4, -0.2) is 64.2 Å². The van der Waals surface area contributed by atoms with Gasteiger partial charge in [0.2, 0.25) is 5.95 Å². The van der Waals surface area contributed by atoms with Gasteiger partial charge >= 0.3 is 0 Å². The molecule has 0 radical (unpaired) electrons. The first-order chi connectivity index (χ1) is 20.3. The fourth-order valence-corrected chi connectivity index (χ4v) is 5.61. The predicted octanol–water partition coefficient (Wildman–Crippen LogP) is 3.82. The smallest absolute Gasteiger partial charge is 0.220 e. The molecule has 0 aliphatic carbocycles. The quantitative estimate of drug-likeness (QED) is 0.286. The first-order valence-corrected chi connectivity index (χ1v) is 13.4. The van der Waals surface area contributed by atoms with Gasteiger partial charge in [-0.2, -0.15) is 0 Å². The van der Waals surface area contributed by atoms with E-state index in [1.807, 2.05) is 0 Å². The molecular weight excluding hydrogens is 547 g/mol. The molecule has 13 heteroatoms. The third-order valence-corrected chi connectivity index (χ3v) is 7.59. The highest BCUT2D eigenvalue weighted by molar-refractivity contribution is 5.77. The standard InChI is InChI=1S/C29H28F3N9O/c30-20-3-1-19(2-4-20)26-27(25-7-10-34-28(33)37-25)41(18-35-26)22-8-12-39(13-9-22)16-29(42,17-40-14-11-36-38-40)23-6-5-21(31)15-24(23)32/h1-7,10-11,14-15,18,22,42H,8-9,12-13,16-17H2,(H2,33,34,37). The molecule has 4 heterocycles. The van der Waals surface area contributed by atoms with Crippen LogP contribution in [0.2, 0.25) is 0 Å². The van der Waals surface area contributed by atoms with Crippen LogP contribution in [0, 0.1) is 17.5 Å². The number of aromatic nitrogens is 7. The zero-order valence-electron chi connectivity index (χ0n) is 22.5. The van der Waals surface area contributed by atoms with E-state index in [0.29, 0.717) is 37.3 Å². The van der Waals surface area contributed by atoms with Gasteiger partial charge in [-0.25, -0.2) is 32.8 Å². The first kappa shape index (κ1) is 27.5. The van der Waals surface area contributed by atoms with Crippen molar-refractivity contribution in [3.63, 3.8) is 0 Å². The van der Waals surface area contributed by atoms with Gasteiger partial charge in [0.1, 0.15) is 23.1 Å². The van der Waals surface area contributed by atoms with E-state index in [1.54, 1.807) is 36.9 Å². The number of hydrogen-bond donors (Lipinski definition) is 2. The molecule has 5 aromatic rings. The Morgan fingerprint density at radius 3 is 2.38 bits per heavy atom. The van der Waals surface area contributed by atoms with Crippen LogP contribution < -0.4 is 5.73 Å². The van der Waals surface area contributed by atoms with Gasteiger partial charge in [-0.1, -0.05) is 11.3 Å². The number of piperidine rings is 1. The van der Waals surface area contributed by atoms with Gasteiger partial charge < -0.3 is 15.4 Å². The summed E-state index contributed by atoms with van der Waals surface area (Å²) in [5.41, 5.74) is 6.92. The molecule has 10 nitrogen and oxygen atoms in total. The Morgan fingerprint density at radius 1 is 0.929 bits per heavy atom. The van der Waals surface area contributed by atoms with Gasteiger partial charge in [0.05, 0.1) is 36.2 Å². The summed E-state index contributed by atoms with van der Waals surface area (Å²) in [6, 6.07) is 11.1. The minimum absolute atomic E-state index is 0.0105. The maximum Gasteiger partial charge on any atom is 0.220 e. The zero-order chi connectivity index (χ0) is 29.3. The number of likely N-dealkylation sites (tertiary alicyclic amines) is 1. The number of anilines is 1. The van der Waals surface area contributed by atoms with Crippen molar-refractivity contribution in [1.82, 2.24) is 39.4 Å². The molecule has 3 N–H and O–H groups in total. The van der Waals surface area contributed by atoms with E-state index in [-0.39, 0.29) is 36.5 Å². The summed E-state index contributed by atoms with van der Waals surface area (Å²) < 4.78 is 45.7. The Bertz CT molecular complexity index is 1670. The number of nitrogens with two attached hydrogens (primary N) is 1. The van der Waals surface area contributed by atoms with Crippen molar-refractivity contribution >= 4 is 5.95 Å². The third-order valence-electron chi connectivity index (χ3n) is 7.59. The lowest BCUT2D eigenvalue weighted by atomic mass is 9.91. The second-order valence-electron chi connectivity index (χ2n) is 10.4. The van der Waals surface area contributed by atoms with Crippen molar-refractivity contribution in [3.05, 3.63) is 96.5 Å². The molecule has 1 unspecified atom stereocenters. The molecule has 0 amide bonds. The lowest BCUT2D eigenvalue weighted by Crippen LogP contribution is -2.47. The molecule has 0 bridgehead atoms. The fourth-order valence-electron chi connectivity index (χ4n) is 5.61. The van der Waals surface area contributed by atoms with Gasteiger partial charge in [-0.3, -0.25) is 4.90 Å². The SMILES string of the molecule is Nc1nccc(-c2c(-c3ccc(F)cc3)ncn2C2CCN(CC(O)(Cn3ccnn3)c3ccc(F)cc3F)CC2)n1. The Balaban J connectivity index is 1.26. The van der Waals surface area contributed by atoms with Crippen LogP contribution >= 0.6 is 0 Å². The molecule has 1 atom stereocenters. The van der Waals surface area contributed by atoms with E-state index in [0.717, 1.165) is 23.4 Å². The Morgan fingerprint density at radius 2 is 1.69 bits per heavy atom. The molecule has 1 saturated heterocycles. The van der Waals surface area contributed by atoms with Crippen molar-refractivity contribution < 1.29 is 18.3 Å². The van der Waals surface area contributed by atoms with E-state index in [2.05, 4.69) is 34.7 Å². The summed E-state index contributed by atoms with van der Waals surface area (Å²) in [6.07, 6.45) is 7.77. The predicted molar refractivity (Wildman–Crippen MR) is 148 cm³/mol. The number of rotatable bonds is 8. The van der Waals surface area contributed by atoms with Crippen LogP contribution in [0.4, 0.5) is 19.1 Å². The van der Waals surface area contributed by atoms with Gasteiger partial charge in [-0.05, 0) is 49.2 Å². The Labute approximate surface area is 239 Å². The van der Waals surface area contributed by atoms with Crippen LogP contribution in [0.3, 0.4) is 0 Å². The number of imidazole rings is 1. The van der Waals surface area contributed by atoms with Crippen molar-refractivity contribution in [3.8, 4) is 22.6 Å². The number of halogens is 3. The summed E-state index contributed by atoms with van der Waals surface area (Å²) in [7, 11) is 0. The zero-order valence-corrected chi connectivity index (χ0v) is 22.5. The molecule has 0 saturated carbocycles. The number of benzene rings is 2. The van der Waals surface area contributed by atoms with Crippen molar-refractivity contribution in [1.29, 1.82) is 0 Å². The molecule has 3 aromatic heterocycles. The topological polar surface area (TPSA) is 124 Å². The Hall–Kier alpha value is -4.62. The van der Waals surface area contributed by atoms with Crippen LogP contribution in [0.1, 0.15) is 24.4 Å². The highest BCUT2D eigenvalue weighted by Crippen LogP contribution is 2.36. The average molecular weight is 576 g/mol. The van der Waals surface area contributed by atoms with Gasteiger partial charge in [-0.15, -0.1) is 5.10 Å². The van der Waals surface area contributed by atoms with Gasteiger partial charge in [0.15, 0.2) is 0 Å². The number of β-amino-alcohol motifs (C(OH)–C–C–N with tert-alkyl or cyclic N) is 1. The summed E-state index contributed by atoms with van der Waals surface area (Å²) in [6.45, 7) is 1.21. The van der Waals surface area contributed by atoms with E-state index < -0.39 is 17.2 Å². The summed E-state index contributed by atoms with van der Waals surface area (Å²) in [4.78, 5) is 15.2. The second kappa shape index (κ2) is 11.3. The fraction of sp³-hybridized carbons (Fsp3) is 0.276. The van der Waals surface area contributed by atoms with E-state index >= 15 is 0 Å². The molecule has 1 aliphatic rings. The number of aliphatic hydroxyl groups is 1. The van der Waals surface area contributed by atoms with E-state index in [1.165, 1.54) is 29.1 Å². The molecule has 2 aromatic carbocycles. The number of nitrogens with zero attached hydrogens (tertiary/aromatic N) is 8. The molecule has 0 spiro atoms. The lowest BCUT2D eigenvalue weighted by Gasteiger charge is -2.39. The van der Waals surface area contributed by atoms with Crippen LogP contribution in [0.25, 0.3) is 22.6 Å².